The van der Waals surface area contributed by atoms with Crippen LogP contribution >= 0.6 is 0 Å². The molecule has 11 aromatic carbocycles. The standard InChI is InChI=1S/C61H37N5/c1-2-13-38(14-3-1)39-29-32-46(33-30-39)65-55-26-12-19-42-27-28-44-35-45(37-56(65)58(44)57(42)55)43-31-34-54-52(36-43)49-22-8-9-25-53(49)66(54)61-63-59(50-23-10-17-40-15-4-6-20-47(40)50)62-60(64-61)51-24-11-18-41-16-5-7-21-48(41)51/h1-37H. The lowest BCUT2D eigenvalue weighted by molar-refractivity contribution is 0.955. The Morgan fingerprint density at radius 1 is 0.273 bits per heavy atom. The zero-order chi connectivity index (χ0) is 43.3. The van der Waals surface area contributed by atoms with Crippen molar-refractivity contribution in [2.45, 2.75) is 0 Å². The van der Waals surface area contributed by atoms with Gasteiger partial charge in [-0.15, -0.1) is 0 Å². The summed E-state index contributed by atoms with van der Waals surface area (Å²) >= 11 is 0. The Morgan fingerprint density at radius 3 is 1.56 bits per heavy atom. The van der Waals surface area contributed by atoms with Gasteiger partial charge in [0.25, 0.3) is 0 Å². The first-order chi connectivity index (χ1) is 32.7. The third-order valence-electron chi connectivity index (χ3n) is 13.5. The van der Waals surface area contributed by atoms with Gasteiger partial charge in [0.2, 0.25) is 5.95 Å². The predicted octanol–water partition coefficient (Wildman–Crippen LogP) is 15.6. The Kier molecular flexibility index (Phi) is 7.91. The van der Waals surface area contributed by atoms with Crippen LogP contribution in [0.25, 0.3) is 133 Å². The van der Waals surface area contributed by atoms with Gasteiger partial charge in [-0.3, -0.25) is 4.57 Å². The molecule has 0 bridgehead atoms. The Morgan fingerprint density at radius 2 is 0.818 bits per heavy atom. The highest BCUT2D eigenvalue weighted by Gasteiger charge is 2.22. The van der Waals surface area contributed by atoms with Gasteiger partial charge in [0, 0.05) is 38.4 Å². The Bertz CT molecular complexity index is 4110. The molecule has 14 rings (SSSR count). The molecule has 0 N–H and O–H groups in total. The molecule has 14 aromatic rings. The highest BCUT2D eigenvalue weighted by molar-refractivity contribution is 6.25. The quantitative estimate of drug-likeness (QED) is 0.157. The van der Waals surface area contributed by atoms with Crippen LogP contribution < -0.4 is 0 Å². The van der Waals surface area contributed by atoms with Crippen molar-refractivity contribution in [3.8, 4) is 56.7 Å². The van der Waals surface area contributed by atoms with E-state index < -0.39 is 0 Å². The van der Waals surface area contributed by atoms with Gasteiger partial charge in [-0.2, -0.15) is 9.97 Å². The molecule has 0 aliphatic heterocycles. The van der Waals surface area contributed by atoms with Gasteiger partial charge in [0.05, 0.1) is 22.1 Å². The van der Waals surface area contributed by atoms with E-state index in [0.29, 0.717) is 17.6 Å². The zero-order valence-corrected chi connectivity index (χ0v) is 35.6. The van der Waals surface area contributed by atoms with Crippen molar-refractivity contribution >= 4 is 75.9 Å². The van der Waals surface area contributed by atoms with Gasteiger partial charge in [-0.1, -0.05) is 176 Å². The zero-order valence-electron chi connectivity index (χ0n) is 35.6. The largest absolute Gasteiger partial charge is 0.309 e. The van der Waals surface area contributed by atoms with Crippen LogP contribution in [0.3, 0.4) is 0 Å². The minimum absolute atomic E-state index is 0.574. The summed E-state index contributed by atoms with van der Waals surface area (Å²) in [4.78, 5) is 16.0. The molecule has 306 valence electrons. The normalized spacial score (nSPS) is 11.9. The Balaban J connectivity index is 0.975. The van der Waals surface area contributed by atoms with Gasteiger partial charge in [-0.25, -0.2) is 4.98 Å². The summed E-state index contributed by atoms with van der Waals surface area (Å²) in [5, 5.41) is 11.8. The van der Waals surface area contributed by atoms with Crippen LogP contribution in [-0.4, -0.2) is 24.1 Å². The van der Waals surface area contributed by atoms with E-state index >= 15 is 0 Å². The van der Waals surface area contributed by atoms with E-state index in [9.17, 15) is 0 Å². The van der Waals surface area contributed by atoms with Crippen LogP contribution in [0.5, 0.6) is 0 Å². The second kappa shape index (κ2) is 14.3. The monoisotopic (exact) mass is 839 g/mol. The topological polar surface area (TPSA) is 48.5 Å². The van der Waals surface area contributed by atoms with E-state index in [1.54, 1.807) is 0 Å². The van der Waals surface area contributed by atoms with E-state index in [-0.39, 0.29) is 0 Å². The van der Waals surface area contributed by atoms with Crippen molar-refractivity contribution in [3.63, 3.8) is 0 Å². The van der Waals surface area contributed by atoms with Gasteiger partial charge >= 0.3 is 0 Å². The first-order valence-corrected chi connectivity index (χ1v) is 22.4. The highest BCUT2D eigenvalue weighted by Crippen LogP contribution is 2.43. The minimum Gasteiger partial charge on any atom is -0.309 e. The third-order valence-corrected chi connectivity index (χ3v) is 13.5. The lowest BCUT2D eigenvalue weighted by Crippen LogP contribution is -2.06. The Labute approximate surface area is 379 Å². The molecular weight excluding hydrogens is 803 g/mol. The fourth-order valence-electron chi connectivity index (χ4n) is 10.5. The molecule has 66 heavy (non-hydrogen) atoms. The average Bonchev–Trinajstić information content (AvgIpc) is 3.91. The summed E-state index contributed by atoms with van der Waals surface area (Å²) in [6.45, 7) is 0. The van der Waals surface area contributed by atoms with Crippen LogP contribution in [0.4, 0.5) is 0 Å². The van der Waals surface area contributed by atoms with Crippen molar-refractivity contribution in [2.75, 3.05) is 0 Å². The van der Waals surface area contributed by atoms with Crippen LogP contribution in [0.15, 0.2) is 224 Å². The van der Waals surface area contributed by atoms with Crippen LogP contribution in [-0.2, 0) is 0 Å². The maximum absolute atomic E-state index is 5.36. The van der Waals surface area contributed by atoms with Gasteiger partial charge in [0.15, 0.2) is 11.6 Å². The number of hydrogen-bond donors (Lipinski definition) is 0. The number of fused-ring (bicyclic) bond motifs is 5. The Hall–Kier alpha value is -8.93. The molecule has 0 amide bonds. The number of aromatic nitrogens is 5. The van der Waals surface area contributed by atoms with Crippen molar-refractivity contribution in [1.82, 2.24) is 24.1 Å². The average molecular weight is 840 g/mol. The van der Waals surface area contributed by atoms with Crippen molar-refractivity contribution in [3.05, 3.63) is 224 Å². The van der Waals surface area contributed by atoms with Crippen LogP contribution in [0.1, 0.15) is 0 Å². The predicted molar refractivity (Wildman–Crippen MR) is 274 cm³/mol. The molecule has 0 spiro atoms. The fraction of sp³-hybridized carbons (Fsp3) is 0. The second-order valence-corrected chi connectivity index (χ2v) is 17.2. The molecule has 3 heterocycles. The van der Waals surface area contributed by atoms with E-state index in [1.807, 2.05) is 0 Å². The second-order valence-electron chi connectivity index (χ2n) is 17.2. The molecule has 0 radical (unpaired) electrons. The summed E-state index contributed by atoms with van der Waals surface area (Å²) in [5.74, 6) is 1.83. The van der Waals surface area contributed by atoms with E-state index in [4.69, 9.17) is 15.0 Å². The first-order valence-electron chi connectivity index (χ1n) is 22.4. The minimum atomic E-state index is 0.574. The van der Waals surface area contributed by atoms with Crippen LogP contribution in [0.2, 0.25) is 0 Å². The fourth-order valence-corrected chi connectivity index (χ4v) is 10.5. The third kappa shape index (κ3) is 5.57. The summed E-state index contributed by atoms with van der Waals surface area (Å²) in [5.41, 5.74) is 12.2. The molecule has 0 unspecified atom stereocenters. The van der Waals surface area contributed by atoms with E-state index in [1.165, 1.54) is 43.7 Å². The molecule has 0 saturated carbocycles. The van der Waals surface area contributed by atoms with Crippen molar-refractivity contribution in [2.24, 2.45) is 0 Å². The molecule has 5 heteroatoms. The maximum Gasteiger partial charge on any atom is 0.238 e. The molecule has 0 aliphatic carbocycles. The first kappa shape index (κ1) is 36.5. The smallest absolute Gasteiger partial charge is 0.238 e. The molecule has 3 aromatic heterocycles. The number of benzene rings is 11. The molecular formula is C61H37N5. The van der Waals surface area contributed by atoms with Crippen molar-refractivity contribution < 1.29 is 0 Å². The molecule has 0 atom stereocenters. The lowest BCUT2D eigenvalue weighted by atomic mass is 9.96. The number of nitrogens with zero attached hydrogens (tertiary/aromatic N) is 5. The molecule has 0 aliphatic rings. The number of para-hydroxylation sites is 1. The number of hydrogen-bond acceptors (Lipinski definition) is 3. The van der Waals surface area contributed by atoms with Crippen LogP contribution in [0, 0.1) is 0 Å². The summed E-state index contributed by atoms with van der Waals surface area (Å²) in [7, 11) is 0. The number of rotatable bonds is 6. The summed E-state index contributed by atoms with van der Waals surface area (Å²) in [6.07, 6.45) is 0. The SMILES string of the molecule is c1ccc(-c2ccc(-n3c4cccc5ccc6cc(-c7ccc8c(c7)c7ccccc7n8-c7nc(-c8cccc9ccccc89)nc(-c8cccc9ccccc89)n7)cc3c6c54)cc2)cc1. The molecule has 5 nitrogen and oxygen atoms in total. The van der Waals surface area contributed by atoms with E-state index in [2.05, 4.69) is 234 Å². The van der Waals surface area contributed by atoms with Gasteiger partial charge in [0.1, 0.15) is 0 Å². The molecule has 0 fully saturated rings. The summed E-state index contributed by atoms with van der Waals surface area (Å²) < 4.78 is 4.66. The highest BCUT2D eigenvalue weighted by atomic mass is 15.2. The summed E-state index contributed by atoms with van der Waals surface area (Å²) in [6, 6.07) is 80.5. The molecule has 0 saturated heterocycles. The van der Waals surface area contributed by atoms with Crippen molar-refractivity contribution in [1.29, 1.82) is 0 Å². The van der Waals surface area contributed by atoms with E-state index in [0.717, 1.165) is 71.3 Å². The van der Waals surface area contributed by atoms with Gasteiger partial charge in [-0.05, 0) is 103 Å². The van der Waals surface area contributed by atoms with Gasteiger partial charge < -0.3 is 4.57 Å². The maximum atomic E-state index is 5.36. The lowest BCUT2D eigenvalue weighted by Gasteiger charge is -2.13.